The van der Waals surface area contributed by atoms with Gasteiger partial charge < -0.3 is 24.7 Å². The number of hydrogen-bond acceptors (Lipinski definition) is 7. The molecule has 9 heteroatoms. The molecule has 0 bridgehead atoms. The summed E-state index contributed by atoms with van der Waals surface area (Å²) in [5.74, 6) is -0.135. The van der Waals surface area contributed by atoms with Gasteiger partial charge in [0.2, 0.25) is 0 Å². The Labute approximate surface area is 152 Å². The Hall–Kier alpha value is -2.42. The first-order valence-corrected chi connectivity index (χ1v) is 8.80. The van der Waals surface area contributed by atoms with E-state index in [0.29, 0.717) is 19.1 Å². The molecule has 0 spiro atoms. The second-order valence-electron chi connectivity index (χ2n) is 7.69. The van der Waals surface area contributed by atoms with E-state index in [-0.39, 0.29) is 11.9 Å². The number of hydrogen-bond donors (Lipinski definition) is 0. The molecule has 0 atom stereocenters. The summed E-state index contributed by atoms with van der Waals surface area (Å²) in [6.45, 7) is 10.5. The fourth-order valence-corrected chi connectivity index (χ4v) is 3.18. The van der Waals surface area contributed by atoms with E-state index in [4.69, 9.17) is 4.74 Å². The van der Waals surface area contributed by atoms with Crippen LogP contribution in [0.1, 0.15) is 20.8 Å². The summed E-state index contributed by atoms with van der Waals surface area (Å²) in [6.07, 6.45) is 1.31. The Balaban J connectivity index is 1.45. The van der Waals surface area contributed by atoms with Gasteiger partial charge in [-0.1, -0.05) is 0 Å². The van der Waals surface area contributed by atoms with E-state index in [0.717, 1.165) is 31.9 Å². The standard InChI is InChI=1S/C17H25N5O4/c1-17(2,3)26-16(23)21-11-14(12-21)20-8-6-19(7-9-20)13-4-5-15(18-10-13)22(24)25/h4-5,10,14H,6-9,11-12H2,1-3H3. The molecule has 2 aliphatic rings. The third-order valence-corrected chi connectivity index (χ3v) is 4.63. The molecule has 0 aliphatic carbocycles. The van der Waals surface area contributed by atoms with Crippen LogP contribution in [0.25, 0.3) is 0 Å². The van der Waals surface area contributed by atoms with Crippen molar-refractivity contribution < 1.29 is 14.5 Å². The van der Waals surface area contributed by atoms with Gasteiger partial charge in [0.05, 0.1) is 5.69 Å². The third-order valence-electron chi connectivity index (χ3n) is 4.63. The first kappa shape index (κ1) is 18.4. The first-order valence-electron chi connectivity index (χ1n) is 8.80. The molecule has 142 valence electrons. The van der Waals surface area contributed by atoms with Crippen LogP contribution < -0.4 is 4.90 Å². The minimum absolute atomic E-state index is 0.135. The second-order valence-corrected chi connectivity index (χ2v) is 7.69. The van der Waals surface area contributed by atoms with Crippen LogP contribution in [0.5, 0.6) is 0 Å². The summed E-state index contributed by atoms with van der Waals surface area (Å²) < 4.78 is 5.38. The number of ether oxygens (including phenoxy) is 1. The number of piperazine rings is 1. The Morgan fingerprint density at radius 3 is 2.38 bits per heavy atom. The number of rotatable bonds is 3. The molecule has 3 heterocycles. The maximum absolute atomic E-state index is 12.0. The summed E-state index contributed by atoms with van der Waals surface area (Å²) in [7, 11) is 0. The molecule has 0 radical (unpaired) electrons. The van der Waals surface area contributed by atoms with E-state index >= 15 is 0 Å². The lowest BCUT2D eigenvalue weighted by Crippen LogP contribution is -2.64. The van der Waals surface area contributed by atoms with Crippen LogP contribution in [0.15, 0.2) is 18.3 Å². The highest BCUT2D eigenvalue weighted by Crippen LogP contribution is 2.22. The Morgan fingerprint density at radius 1 is 1.23 bits per heavy atom. The quantitative estimate of drug-likeness (QED) is 0.596. The van der Waals surface area contributed by atoms with E-state index in [1.54, 1.807) is 17.2 Å². The van der Waals surface area contributed by atoms with Gasteiger partial charge in [-0.25, -0.2) is 4.79 Å². The van der Waals surface area contributed by atoms with Crippen molar-refractivity contribution in [1.29, 1.82) is 0 Å². The molecular formula is C17H25N5O4. The molecule has 0 aromatic carbocycles. The smallest absolute Gasteiger partial charge is 0.410 e. The molecule has 1 aromatic heterocycles. The molecule has 1 amide bonds. The summed E-state index contributed by atoms with van der Waals surface area (Å²) >= 11 is 0. The number of anilines is 1. The molecule has 26 heavy (non-hydrogen) atoms. The van der Waals surface area contributed by atoms with Gasteiger partial charge in [-0.05, 0) is 36.7 Å². The van der Waals surface area contributed by atoms with E-state index in [9.17, 15) is 14.9 Å². The topological polar surface area (TPSA) is 92.0 Å². The minimum Gasteiger partial charge on any atom is -0.444 e. The number of carbonyl (C=O) groups is 1. The van der Waals surface area contributed by atoms with Crippen LogP contribution >= 0.6 is 0 Å². The molecule has 9 nitrogen and oxygen atoms in total. The molecular weight excluding hydrogens is 338 g/mol. The Bertz CT molecular complexity index is 659. The SMILES string of the molecule is CC(C)(C)OC(=O)N1CC(N2CCN(c3ccc([N+](=O)[O-])nc3)CC2)C1. The molecule has 0 saturated carbocycles. The van der Waals surface area contributed by atoms with Crippen molar-refractivity contribution in [3.05, 3.63) is 28.4 Å². The molecule has 2 fully saturated rings. The van der Waals surface area contributed by atoms with Gasteiger partial charge in [-0.2, -0.15) is 0 Å². The van der Waals surface area contributed by atoms with E-state index in [1.807, 2.05) is 20.8 Å². The van der Waals surface area contributed by atoms with Crippen LogP contribution in [0, 0.1) is 10.1 Å². The normalized spacial score (nSPS) is 19.2. The van der Waals surface area contributed by atoms with Gasteiger partial charge in [0.15, 0.2) is 6.20 Å². The second kappa shape index (κ2) is 7.06. The van der Waals surface area contributed by atoms with Gasteiger partial charge in [0.25, 0.3) is 0 Å². The van der Waals surface area contributed by atoms with Crippen molar-refractivity contribution in [2.75, 3.05) is 44.2 Å². The number of nitrogens with zero attached hydrogens (tertiary/aromatic N) is 5. The number of likely N-dealkylation sites (tertiary alicyclic amines) is 1. The highest BCUT2D eigenvalue weighted by Gasteiger charge is 2.38. The van der Waals surface area contributed by atoms with Crippen LogP contribution in [-0.2, 0) is 4.74 Å². The van der Waals surface area contributed by atoms with Crippen molar-refractivity contribution in [3.8, 4) is 0 Å². The molecule has 1 aromatic rings. The van der Waals surface area contributed by atoms with Crippen LogP contribution in [0.3, 0.4) is 0 Å². The minimum atomic E-state index is -0.491. The fraction of sp³-hybridized carbons (Fsp3) is 0.647. The largest absolute Gasteiger partial charge is 0.444 e. The van der Waals surface area contributed by atoms with Crippen molar-refractivity contribution in [3.63, 3.8) is 0 Å². The number of aromatic nitrogens is 1. The third kappa shape index (κ3) is 4.21. The van der Waals surface area contributed by atoms with E-state index < -0.39 is 10.5 Å². The zero-order valence-electron chi connectivity index (χ0n) is 15.4. The zero-order valence-corrected chi connectivity index (χ0v) is 15.4. The zero-order chi connectivity index (χ0) is 18.9. The van der Waals surface area contributed by atoms with Crippen LogP contribution in [0.2, 0.25) is 0 Å². The number of pyridine rings is 1. The van der Waals surface area contributed by atoms with Gasteiger partial charge in [0, 0.05) is 51.4 Å². The maximum atomic E-state index is 12.0. The van der Waals surface area contributed by atoms with E-state index in [1.165, 1.54) is 6.07 Å². The van der Waals surface area contributed by atoms with E-state index in [2.05, 4.69) is 14.8 Å². The highest BCUT2D eigenvalue weighted by molar-refractivity contribution is 5.69. The number of amides is 1. The van der Waals surface area contributed by atoms with Gasteiger partial charge >= 0.3 is 11.9 Å². The summed E-state index contributed by atoms with van der Waals surface area (Å²) in [4.78, 5) is 32.4. The van der Waals surface area contributed by atoms with Gasteiger partial charge in [-0.3, -0.25) is 4.90 Å². The van der Waals surface area contributed by atoms with Crippen molar-refractivity contribution in [2.24, 2.45) is 0 Å². The van der Waals surface area contributed by atoms with Crippen LogP contribution in [-0.4, -0.2) is 76.7 Å². The van der Waals surface area contributed by atoms with Crippen molar-refractivity contribution >= 4 is 17.6 Å². The fourth-order valence-electron chi connectivity index (χ4n) is 3.18. The van der Waals surface area contributed by atoms with Gasteiger partial charge in [0.1, 0.15) is 5.60 Å². The summed E-state index contributed by atoms with van der Waals surface area (Å²) in [5, 5.41) is 10.7. The monoisotopic (exact) mass is 363 g/mol. The predicted molar refractivity (Wildman–Crippen MR) is 96.3 cm³/mol. The first-order chi connectivity index (χ1) is 12.2. The maximum Gasteiger partial charge on any atom is 0.410 e. The summed E-state index contributed by atoms with van der Waals surface area (Å²) in [5.41, 5.74) is 0.436. The van der Waals surface area contributed by atoms with Gasteiger partial charge in [-0.15, -0.1) is 0 Å². The Kier molecular flexibility index (Phi) is 4.99. The lowest BCUT2D eigenvalue weighted by Gasteiger charge is -2.48. The lowest BCUT2D eigenvalue weighted by molar-refractivity contribution is -0.389. The molecule has 2 saturated heterocycles. The molecule has 0 unspecified atom stereocenters. The predicted octanol–water partition coefficient (Wildman–Crippen LogP) is 1.73. The molecule has 0 N–H and O–H groups in total. The Morgan fingerprint density at radius 2 is 1.88 bits per heavy atom. The average Bonchev–Trinajstić information content (AvgIpc) is 2.52. The number of nitro groups is 1. The average molecular weight is 363 g/mol. The van der Waals surface area contributed by atoms with Crippen molar-refractivity contribution in [2.45, 2.75) is 32.4 Å². The molecule has 2 aliphatic heterocycles. The van der Waals surface area contributed by atoms with Crippen LogP contribution in [0.4, 0.5) is 16.3 Å². The molecule has 3 rings (SSSR count). The number of carbonyl (C=O) groups excluding carboxylic acids is 1. The lowest BCUT2D eigenvalue weighted by atomic mass is 10.1. The summed E-state index contributed by atoms with van der Waals surface area (Å²) in [6, 6.07) is 3.56. The highest BCUT2D eigenvalue weighted by atomic mass is 16.6. The van der Waals surface area contributed by atoms with Crippen molar-refractivity contribution in [1.82, 2.24) is 14.8 Å².